The van der Waals surface area contributed by atoms with E-state index in [2.05, 4.69) is 9.69 Å². The second kappa shape index (κ2) is 8.31. The Hall–Kier alpha value is -4.42. The lowest BCUT2D eigenvalue weighted by molar-refractivity contribution is 0.0736. The van der Waals surface area contributed by atoms with Crippen molar-refractivity contribution in [3.05, 3.63) is 107 Å². The largest absolute Gasteiger partial charge is 0.435 e. The molecular formula is C22H12N2O4. The molecule has 3 aromatic rings. The molecule has 3 aromatic carbocycles. The summed E-state index contributed by atoms with van der Waals surface area (Å²) >= 11 is 0. The van der Waals surface area contributed by atoms with Crippen LogP contribution in [0.3, 0.4) is 0 Å². The van der Waals surface area contributed by atoms with Gasteiger partial charge in [-0.2, -0.15) is 0 Å². The predicted octanol–water partition coefficient (Wildman–Crippen LogP) is 5.23. The third kappa shape index (κ3) is 4.04. The van der Waals surface area contributed by atoms with Gasteiger partial charge in [-0.1, -0.05) is 42.5 Å². The highest BCUT2D eigenvalue weighted by atomic mass is 16.5. The normalized spacial score (nSPS) is 9.64. The number of benzene rings is 3. The van der Waals surface area contributed by atoms with Gasteiger partial charge in [0.05, 0.1) is 24.3 Å². The standard InChI is InChI=1S/C22H12N2O4/c1-23-17-10-3-5-12-19(17)27-21(25)15-8-7-9-16(14-15)22(26)28-20-13-6-4-11-18(20)24-2/h3-14H. The molecular weight excluding hydrogens is 356 g/mol. The van der Waals surface area contributed by atoms with Crippen molar-refractivity contribution >= 4 is 23.3 Å². The number of hydrogen-bond donors (Lipinski definition) is 0. The fourth-order valence-electron chi connectivity index (χ4n) is 2.36. The minimum absolute atomic E-state index is 0.132. The Labute approximate surface area is 161 Å². The summed E-state index contributed by atoms with van der Waals surface area (Å²) in [7, 11) is 0. The predicted molar refractivity (Wildman–Crippen MR) is 102 cm³/mol. The smallest absolute Gasteiger partial charge is 0.342 e. The van der Waals surface area contributed by atoms with Gasteiger partial charge in [-0.05, 0) is 30.3 Å². The van der Waals surface area contributed by atoms with Crippen LogP contribution in [0.5, 0.6) is 11.5 Å². The Balaban J connectivity index is 1.80. The minimum Gasteiger partial charge on any atom is -0.435 e. The fraction of sp³-hybridized carbons (Fsp3) is 0. The first kappa shape index (κ1) is 18.4. The van der Waals surface area contributed by atoms with E-state index in [0.29, 0.717) is 0 Å². The van der Waals surface area contributed by atoms with Crippen LogP contribution >= 0.6 is 0 Å². The van der Waals surface area contributed by atoms with Crippen LogP contribution < -0.4 is 9.47 Å². The highest BCUT2D eigenvalue weighted by Crippen LogP contribution is 2.29. The van der Waals surface area contributed by atoms with Crippen molar-refractivity contribution in [2.75, 3.05) is 0 Å². The first-order chi connectivity index (χ1) is 13.6. The topological polar surface area (TPSA) is 61.3 Å². The van der Waals surface area contributed by atoms with Crippen molar-refractivity contribution in [1.29, 1.82) is 0 Å². The summed E-state index contributed by atoms with van der Waals surface area (Å²) in [6, 6.07) is 18.6. The molecule has 0 saturated heterocycles. The average molecular weight is 368 g/mol. The molecule has 28 heavy (non-hydrogen) atoms. The molecule has 0 atom stereocenters. The van der Waals surface area contributed by atoms with Crippen molar-refractivity contribution in [2.24, 2.45) is 0 Å². The molecule has 6 heteroatoms. The van der Waals surface area contributed by atoms with Crippen molar-refractivity contribution in [1.82, 2.24) is 0 Å². The highest BCUT2D eigenvalue weighted by Gasteiger charge is 2.16. The third-order valence-corrected chi connectivity index (χ3v) is 3.71. The summed E-state index contributed by atoms with van der Waals surface area (Å²) < 4.78 is 10.5. The summed E-state index contributed by atoms with van der Waals surface area (Å²) in [5.74, 6) is -1.12. The minimum atomic E-state index is -0.702. The molecule has 0 spiro atoms. The summed E-state index contributed by atoms with van der Waals surface area (Å²) in [5.41, 5.74) is 0.685. The Bertz CT molecular complexity index is 1050. The van der Waals surface area contributed by atoms with Crippen LogP contribution in [0.25, 0.3) is 9.69 Å². The zero-order valence-corrected chi connectivity index (χ0v) is 14.5. The second-order valence-electron chi connectivity index (χ2n) is 5.52. The quantitative estimate of drug-likeness (QED) is 0.360. The third-order valence-electron chi connectivity index (χ3n) is 3.71. The molecule has 0 radical (unpaired) electrons. The molecule has 134 valence electrons. The van der Waals surface area contributed by atoms with Gasteiger partial charge < -0.3 is 9.47 Å². The Morgan fingerprint density at radius 2 is 1.07 bits per heavy atom. The zero-order chi connectivity index (χ0) is 19.9. The van der Waals surface area contributed by atoms with Gasteiger partial charge in [0.1, 0.15) is 11.5 Å². The fourth-order valence-corrected chi connectivity index (χ4v) is 2.36. The Morgan fingerprint density at radius 1 is 0.643 bits per heavy atom. The summed E-state index contributed by atoms with van der Waals surface area (Å²) in [6.07, 6.45) is 0. The number of ether oxygens (including phenoxy) is 2. The van der Waals surface area contributed by atoms with E-state index in [-0.39, 0.29) is 34.0 Å². The molecule has 0 aromatic heterocycles. The molecule has 3 rings (SSSR count). The number of carbonyl (C=O) groups is 2. The first-order valence-electron chi connectivity index (χ1n) is 8.10. The molecule has 0 heterocycles. The lowest BCUT2D eigenvalue weighted by Gasteiger charge is -2.08. The van der Waals surface area contributed by atoms with Crippen molar-refractivity contribution in [3.8, 4) is 11.5 Å². The summed E-state index contributed by atoms with van der Waals surface area (Å²) in [4.78, 5) is 31.4. The van der Waals surface area contributed by atoms with E-state index in [1.807, 2.05) is 0 Å². The molecule has 0 fully saturated rings. The van der Waals surface area contributed by atoms with Crippen LogP contribution in [-0.4, -0.2) is 11.9 Å². The Kier molecular flexibility index (Phi) is 5.45. The molecule has 0 unspecified atom stereocenters. The highest BCUT2D eigenvalue weighted by molar-refractivity contribution is 5.97. The number of nitrogens with zero attached hydrogens (tertiary/aromatic N) is 2. The zero-order valence-electron chi connectivity index (χ0n) is 14.5. The van der Waals surface area contributed by atoms with Crippen LogP contribution in [0.15, 0.2) is 72.8 Å². The number of hydrogen-bond acceptors (Lipinski definition) is 4. The lowest BCUT2D eigenvalue weighted by Crippen LogP contribution is -2.12. The maximum absolute atomic E-state index is 12.4. The number of carbonyl (C=O) groups excluding carboxylic acids is 2. The van der Waals surface area contributed by atoms with Crippen LogP contribution in [0.4, 0.5) is 11.4 Å². The molecule has 0 aliphatic rings. The molecule has 0 N–H and O–H groups in total. The van der Waals surface area contributed by atoms with Gasteiger partial charge in [0, 0.05) is 0 Å². The van der Waals surface area contributed by atoms with Crippen molar-refractivity contribution < 1.29 is 19.1 Å². The van der Waals surface area contributed by atoms with E-state index in [1.54, 1.807) is 24.3 Å². The van der Waals surface area contributed by atoms with E-state index in [0.717, 1.165) is 0 Å². The molecule has 0 amide bonds. The summed E-state index contributed by atoms with van der Waals surface area (Å²) in [6.45, 7) is 14.2. The SMILES string of the molecule is [C-]#[N+]c1ccccc1OC(=O)c1cccc(C(=O)Oc2ccccc2[N+]#[C-])c1. The van der Waals surface area contributed by atoms with Crippen LogP contribution in [0, 0.1) is 13.1 Å². The van der Waals surface area contributed by atoms with Gasteiger partial charge >= 0.3 is 11.9 Å². The van der Waals surface area contributed by atoms with Crippen LogP contribution in [-0.2, 0) is 0 Å². The Morgan fingerprint density at radius 3 is 1.50 bits per heavy atom. The van der Waals surface area contributed by atoms with E-state index in [9.17, 15) is 9.59 Å². The van der Waals surface area contributed by atoms with Gasteiger partial charge in [-0.25, -0.2) is 19.3 Å². The maximum atomic E-state index is 12.4. The van der Waals surface area contributed by atoms with Crippen LogP contribution in [0.2, 0.25) is 0 Å². The number of esters is 2. The van der Waals surface area contributed by atoms with E-state index in [4.69, 9.17) is 22.6 Å². The van der Waals surface area contributed by atoms with Crippen LogP contribution in [0.1, 0.15) is 20.7 Å². The molecule has 0 aliphatic heterocycles. The van der Waals surface area contributed by atoms with E-state index in [1.165, 1.54) is 48.5 Å². The van der Waals surface area contributed by atoms with Gasteiger partial charge in [0.2, 0.25) is 11.4 Å². The van der Waals surface area contributed by atoms with Crippen molar-refractivity contribution in [3.63, 3.8) is 0 Å². The monoisotopic (exact) mass is 368 g/mol. The molecule has 0 saturated carbocycles. The average Bonchev–Trinajstić information content (AvgIpc) is 2.74. The summed E-state index contributed by atoms with van der Waals surface area (Å²) in [5, 5.41) is 0. The van der Waals surface area contributed by atoms with Crippen molar-refractivity contribution in [2.45, 2.75) is 0 Å². The molecule has 0 aliphatic carbocycles. The molecule has 6 nitrogen and oxygen atoms in total. The maximum Gasteiger partial charge on any atom is 0.342 e. The second-order valence-corrected chi connectivity index (χ2v) is 5.52. The van der Waals surface area contributed by atoms with Gasteiger partial charge in [0.25, 0.3) is 0 Å². The van der Waals surface area contributed by atoms with Gasteiger partial charge in [-0.15, -0.1) is 0 Å². The first-order valence-corrected chi connectivity index (χ1v) is 8.10. The number of rotatable bonds is 4. The van der Waals surface area contributed by atoms with E-state index >= 15 is 0 Å². The number of para-hydroxylation sites is 4. The van der Waals surface area contributed by atoms with E-state index < -0.39 is 11.9 Å². The lowest BCUT2D eigenvalue weighted by atomic mass is 10.1. The molecule has 0 bridgehead atoms. The van der Waals surface area contributed by atoms with Gasteiger partial charge in [0.15, 0.2) is 0 Å². The van der Waals surface area contributed by atoms with Gasteiger partial charge in [-0.3, -0.25) is 0 Å².